The van der Waals surface area contributed by atoms with Crippen LogP contribution < -0.4 is 25.6 Å². The van der Waals surface area contributed by atoms with Crippen molar-refractivity contribution in [1.82, 2.24) is 34.8 Å². The number of pyridine rings is 1. The lowest BCUT2D eigenvalue weighted by Gasteiger charge is -2.42. The quantitative estimate of drug-likeness (QED) is 0.119. The molecule has 3 fully saturated rings. The molecule has 2 amide bonds. The van der Waals surface area contributed by atoms with Gasteiger partial charge in [-0.25, -0.2) is 9.98 Å². The van der Waals surface area contributed by atoms with E-state index in [-0.39, 0.29) is 11.8 Å². The molecule has 3 aromatic heterocycles. The van der Waals surface area contributed by atoms with Crippen LogP contribution in [0.1, 0.15) is 72.9 Å². The Balaban J connectivity index is 0.749. The third-order valence-electron chi connectivity index (χ3n) is 12.4. The molecule has 3 saturated heterocycles. The Bertz CT molecular complexity index is 2420. The number of carbonyl (C=O) groups excluding carboxylic acids is 2. The van der Waals surface area contributed by atoms with Crippen LogP contribution in [-0.4, -0.2) is 92.8 Å². The topological polar surface area (TPSA) is 147 Å². The summed E-state index contributed by atoms with van der Waals surface area (Å²) in [5.41, 5.74) is 10.3. The van der Waals surface area contributed by atoms with Crippen LogP contribution in [0.4, 0.5) is 17.1 Å². The maximum absolute atomic E-state index is 12.6. The number of amides is 2. The van der Waals surface area contributed by atoms with Crippen LogP contribution in [0.2, 0.25) is 0 Å². The zero-order valence-electron chi connectivity index (χ0n) is 33.5. The molecule has 0 saturated carbocycles. The Labute approximate surface area is 338 Å². The summed E-state index contributed by atoms with van der Waals surface area (Å²) < 4.78 is 9.67. The standard InChI is InChI=1S/C44H51N11O3/c1-27-21-30(38-25-47-44-41(28(38)2)45-15-20-58-44)5-6-31(27)23-46-29(3)49-32-24-48-55(26-32)34-13-18-53(19-14-34)33-11-16-54(17-12-33)35-7-8-36-39(22-35)52(4)51-42(36)37-9-10-40(56)50-43(37)57/h5-8,21-26,33-34,37,45,49H,3,9-20H2,1-2,4H3,(H,50,56,57)/b46-23-. The summed E-state index contributed by atoms with van der Waals surface area (Å²) in [6.45, 7) is 13.9. The van der Waals surface area contributed by atoms with Gasteiger partial charge in [0.1, 0.15) is 18.1 Å². The van der Waals surface area contributed by atoms with Crippen molar-refractivity contribution in [3.8, 4) is 17.0 Å². The van der Waals surface area contributed by atoms with E-state index in [0.29, 0.717) is 43.2 Å². The number of benzene rings is 2. The maximum Gasteiger partial charge on any atom is 0.237 e. The average molecular weight is 782 g/mol. The van der Waals surface area contributed by atoms with Crippen molar-refractivity contribution in [3.63, 3.8) is 0 Å². The second kappa shape index (κ2) is 15.7. The molecule has 14 heteroatoms. The minimum absolute atomic E-state index is 0.208. The van der Waals surface area contributed by atoms with Crippen molar-refractivity contribution >= 4 is 46.0 Å². The predicted molar refractivity (Wildman–Crippen MR) is 227 cm³/mol. The lowest BCUT2D eigenvalue weighted by Crippen LogP contribution is -2.48. The molecule has 0 bridgehead atoms. The summed E-state index contributed by atoms with van der Waals surface area (Å²) in [5.74, 6) is 0.374. The van der Waals surface area contributed by atoms with Gasteiger partial charge in [0.2, 0.25) is 17.7 Å². The lowest BCUT2D eigenvalue weighted by atomic mass is 9.92. The summed E-state index contributed by atoms with van der Waals surface area (Å²) in [4.78, 5) is 38.6. The molecule has 0 aliphatic carbocycles. The SMILES string of the molecule is C=C(/N=C\c1ccc(-c2cnc3c(c2C)NCCO3)cc1C)Nc1cnn(C2CCN(C3CCN(c4ccc5c(C6CCC(=O)NC6=O)nn(C)c5c4)CC3)CC2)c1. The van der Waals surface area contributed by atoms with Gasteiger partial charge in [-0.3, -0.25) is 24.3 Å². The molecule has 2 aromatic carbocycles. The molecular formula is C44H51N11O3. The van der Waals surface area contributed by atoms with Gasteiger partial charge in [0.25, 0.3) is 0 Å². The van der Waals surface area contributed by atoms with E-state index in [1.54, 1.807) is 0 Å². The van der Waals surface area contributed by atoms with E-state index in [2.05, 4.69) is 103 Å². The summed E-state index contributed by atoms with van der Waals surface area (Å²) in [6.07, 6.45) is 12.9. The number of piperidine rings is 3. The van der Waals surface area contributed by atoms with E-state index in [4.69, 9.17) is 14.9 Å². The zero-order chi connectivity index (χ0) is 39.9. The molecule has 3 N–H and O–H groups in total. The highest BCUT2D eigenvalue weighted by Crippen LogP contribution is 2.37. The second-order valence-corrected chi connectivity index (χ2v) is 16.1. The van der Waals surface area contributed by atoms with Crippen molar-refractivity contribution in [1.29, 1.82) is 0 Å². The summed E-state index contributed by atoms with van der Waals surface area (Å²) in [7, 11) is 1.93. The van der Waals surface area contributed by atoms with Gasteiger partial charge >= 0.3 is 0 Å². The molecule has 300 valence electrons. The number of rotatable bonds is 9. The smallest absolute Gasteiger partial charge is 0.237 e. The van der Waals surface area contributed by atoms with Crippen molar-refractivity contribution < 1.29 is 14.3 Å². The van der Waals surface area contributed by atoms with Gasteiger partial charge in [-0.1, -0.05) is 24.8 Å². The largest absolute Gasteiger partial charge is 0.474 e. The predicted octanol–water partition coefficient (Wildman–Crippen LogP) is 6.08. The molecular weight excluding hydrogens is 731 g/mol. The van der Waals surface area contributed by atoms with Gasteiger partial charge in [-0.2, -0.15) is 10.2 Å². The monoisotopic (exact) mass is 781 g/mol. The number of ether oxygens (including phenoxy) is 1. The van der Waals surface area contributed by atoms with Crippen LogP contribution >= 0.6 is 0 Å². The van der Waals surface area contributed by atoms with E-state index in [0.717, 1.165) is 114 Å². The minimum Gasteiger partial charge on any atom is -0.474 e. The average Bonchev–Trinajstić information content (AvgIpc) is 3.84. The molecule has 1 atom stereocenters. The Morgan fingerprint density at radius 1 is 1.00 bits per heavy atom. The molecule has 0 spiro atoms. The van der Waals surface area contributed by atoms with Crippen molar-refractivity contribution in [2.45, 2.75) is 70.4 Å². The fourth-order valence-electron chi connectivity index (χ4n) is 9.14. The van der Waals surface area contributed by atoms with E-state index in [1.807, 2.05) is 30.3 Å². The van der Waals surface area contributed by atoms with Crippen LogP contribution in [0.3, 0.4) is 0 Å². The van der Waals surface area contributed by atoms with Crippen molar-refractivity contribution in [2.75, 3.05) is 54.9 Å². The Morgan fingerprint density at radius 3 is 2.60 bits per heavy atom. The van der Waals surface area contributed by atoms with Gasteiger partial charge in [0, 0.05) is 87.5 Å². The molecule has 7 heterocycles. The van der Waals surface area contributed by atoms with Crippen LogP contribution in [0.5, 0.6) is 5.88 Å². The number of fused-ring (bicyclic) bond motifs is 2. The molecule has 4 aliphatic rings. The van der Waals surface area contributed by atoms with E-state index in [1.165, 1.54) is 5.69 Å². The fourth-order valence-corrected chi connectivity index (χ4v) is 9.14. The highest BCUT2D eigenvalue weighted by Gasteiger charge is 2.33. The Hall–Kier alpha value is -6.02. The van der Waals surface area contributed by atoms with Crippen LogP contribution in [0.25, 0.3) is 22.0 Å². The molecule has 58 heavy (non-hydrogen) atoms. The first-order valence-corrected chi connectivity index (χ1v) is 20.5. The highest BCUT2D eigenvalue weighted by atomic mass is 16.5. The Morgan fingerprint density at radius 2 is 1.81 bits per heavy atom. The zero-order valence-corrected chi connectivity index (χ0v) is 33.5. The number of nitrogens with one attached hydrogen (secondary N) is 3. The lowest BCUT2D eigenvalue weighted by molar-refractivity contribution is -0.134. The van der Waals surface area contributed by atoms with E-state index < -0.39 is 5.92 Å². The van der Waals surface area contributed by atoms with Crippen LogP contribution in [0.15, 0.2) is 72.4 Å². The molecule has 5 aromatic rings. The van der Waals surface area contributed by atoms with Gasteiger partial charge in [0.15, 0.2) is 0 Å². The molecule has 4 aliphatic heterocycles. The number of hydrogen-bond donors (Lipinski definition) is 3. The van der Waals surface area contributed by atoms with Gasteiger partial charge in [-0.05, 0) is 86.4 Å². The van der Waals surface area contributed by atoms with Crippen LogP contribution in [0, 0.1) is 13.8 Å². The molecule has 14 nitrogen and oxygen atoms in total. The first kappa shape index (κ1) is 37.6. The number of aliphatic imine (C=N–C) groups is 1. The summed E-state index contributed by atoms with van der Waals surface area (Å²) in [5, 5.41) is 19.7. The third-order valence-corrected chi connectivity index (χ3v) is 12.4. The highest BCUT2D eigenvalue weighted by molar-refractivity contribution is 6.02. The Kier molecular flexibility index (Phi) is 10.2. The third kappa shape index (κ3) is 7.44. The maximum atomic E-state index is 12.6. The number of carbonyl (C=O) groups is 2. The number of aromatic nitrogens is 5. The first-order valence-electron chi connectivity index (χ1n) is 20.5. The van der Waals surface area contributed by atoms with Gasteiger partial charge in [-0.15, -0.1) is 0 Å². The second-order valence-electron chi connectivity index (χ2n) is 16.1. The first-order chi connectivity index (χ1) is 28.2. The van der Waals surface area contributed by atoms with Crippen molar-refractivity contribution in [2.24, 2.45) is 12.0 Å². The molecule has 9 rings (SSSR count). The molecule has 1 unspecified atom stereocenters. The number of aryl methyl sites for hydroxylation is 2. The van der Waals surface area contributed by atoms with Crippen LogP contribution in [-0.2, 0) is 16.6 Å². The van der Waals surface area contributed by atoms with Gasteiger partial charge in [0.05, 0.1) is 35.1 Å². The van der Waals surface area contributed by atoms with Crippen molar-refractivity contribution in [3.05, 3.63) is 89.8 Å². The minimum atomic E-state index is -0.395. The number of anilines is 3. The summed E-state index contributed by atoms with van der Waals surface area (Å²) in [6, 6.07) is 13.7. The number of hydrogen-bond acceptors (Lipinski definition) is 11. The van der Waals surface area contributed by atoms with E-state index in [9.17, 15) is 9.59 Å². The number of imide groups is 1. The van der Waals surface area contributed by atoms with Gasteiger partial charge < -0.3 is 25.2 Å². The number of nitrogens with zero attached hydrogens (tertiary/aromatic N) is 8. The number of likely N-dealkylation sites (tertiary alicyclic amines) is 1. The van der Waals surface area contributed by atoms with E-state index >= 15 is 0 Å². The molecule has 0 radical (unpaired) electrons. The fraction of sp³-hybridized carbons (Fsp3) is 0.409. The normalized spacial score (nSPS) is 19.6. The summed E-state index contributed by atoms with van der Waals surface area (Å²) >= 11 is 0.